The van der Waals surface area contributed by atoms with Crippen molar-refractivity contribution in [3.8, 4) is 10.8 Å². The van der Waals surface area contributed by atoms with Gasteiger partial charge in [0, 0.05) is 12.8 Å². The maximum absolute atomic E-state index is 13.4. The van der Waals surface area contributed by atoms with Crippen LogP contribution in [-0.2, 0) is 24.2 Å². The molecule has 0 saturated heterocycles. The molecule has 210 valence electrons. The van der Waals surface area contributed by atoms with E-state index in [9.17, 15) is 27.9 Å². The summed E-state index contributed by atoms with van der Waals surface area (Å²) >= 11 is 1.06. The fourth-order valence-electron chi connectivity index (χ4n) is 4.48. The molecule has 10 nitrogen and oxygen atoms in total. The highest BCUT2D eigenvalue weighted by Crippen LogP contribution is 2.35. The topological polar surface area (TPSA) is 149 Å². The summed E-state index contributed by atoms with van der Waals surface area (Å²) in [4.78, 5) is 40.9. The third kappa shape index (κ3) is 6.40. The van der Waals surface area contributed by atoms with Gasteiger partial charge in [-0.1, -0.05) is 29.5 Å². The number of nitrogens with one attached hydrogen (secondary N) is 1. The zero-order valence-electron chi connectivity index (χ0n) is 21.7. The molecule has 0 spiro atoms. The number of ether oxygens (including phenoxy) is 2. The molecule has 2 aliphatic carbocycles. The van der Waals surface area contributed by atoms with Gasteiger partial charge in [0.1, 0.15) is 11.5 Å². The van der Waals surface area contributed by atoms with Crippen molar-refractivity contribution in [1.29, 1.82) is 0 Å². The average Bonchev–Trinajstić information content (AvgIpc) is 3.71. The Balaban J connectivity index is 1.32. The molecule has 1 unspecified atom stereocenters. The Kier molecular flexibility index (Phi) is 8.02. The molecule has 0 radical (unpaired) electrons. The number of aromatic carboxylic acids is 1. The van der Waals surface area contributed by atoms with Crippen molar-refractivity contribution in [2.75, 3.05) is 5.32 Å². The predicted octanol–water partition coefficient (Wildman–Crippen LogP) is 5.09. The Morgan fingerprint density at radius 2 is 1.77 bits per heavy atom. The van der Waals surface area contributed by atoms with Crippen LogP contribution in [-0.4, -0.2) is 47.5 Å². The number of rotatable bonds is 10. The first-order valence-electron chi connectivity index (χ1n) is 12.9. The summed E-state index contributed by atoms with van der Waals surface area (Å²) in [5, 5.41) is 12.3. The molecule has 40 heavy (non-hydrogen) atoms. The van der Waals surface area contributed by atoms with Gasteiger partial charge < -0.3 is 14.6 Å². The number of aromatic nitrogens is 1. The quantitative estimate of drug-likeness (QED) is 0.332. The molecule has 5 rings (SSSR count). The van der Waals surface area contributed by atoms with Gasteiger partial charge in [-0.25, -0.2) is 18.2 Å². The van der Waals surface area contributed by atoms with Crippen LogP contribution in [0, 0.1) is 6.92 Å². The second-order valence-electron chi connectivity index (χ2n) is 9.93. The first-order valence-corrected chi connectivity index (χ1v) is 15.3. The Morgan fingerprint density at radius 1 is 1.07 bits per heavy atom. The van der Waals surface area contributed by atoms with Crippen LogP contribution < -0.4 is 10.1 Å². The molecule has 1 aromatic heterocycles. The predicted molar refractivity (Wildman–Crippen MR) is 147 cm³/mol. The molecule has 2 aromatic carbocycles. The number of anilines is 1. The van der Waals surface area contributed by atoms with E-state index in [-0.39, 0.29) is 32.7 Å². The van der Waals surface area contributed by atoms with Gasteiger partial charge in [-0.3, -0.25) is 14.9 Å². The SMILES string of the molecule is Cc1ccc(Oc2cnc(NC(=O)C(OC3CCC(=O)CC3)c3ccc(S(=O)(=O)C4CC4)cc3)s2)cc1C(=O)O. The number of carboxylic acids is 1. The normalized spacial score (nSPS) is 16.9. The number of carboxylic acid groups (broad SMARTS) is 1. The molecule has 1 heterocycles. The van der Waals surface area contributed by atoms with E-state index in [4.69, 9.17) is 9.47 Å². The van der Waals surface area contributed by atoms with Crippen molar-refractivity contribution in [3.63, 3.8) is 0 Å². The van der Waals surface area contributed by atoms with Crippen LogP contribution >= 0.6 is 11.3 Å². The second kappa shape index (κ2) is 11.5. The van der Waals surface area contributed by atoms with Crippen LogP contribution in [0.3, 0.4) is 0 Å². The number of hydrogen-bond donors (Lipinski definition) is 2. The zero-order chi connectivity index (χ0) is 28.4. The maximum atomic E-state index is 13.4. The first kappa shape index (κ1) is 27.9. The van der Waals surface area contributed by atoms with Crippen LogP contribution in [0.1, 0.15) is 66.1 Å². The van der Waals surface area contributed by atoms with Crippen LogP contribution in [0.2, 0.25) is 0 Å². The Hall–Kier alpha value is -3.61. The van der Waals surface area contributed by atoms with Crippen molar-refractivity contribution in [2.24, 2.45) is 0 Å². The minimum absolute atomic E-state index is 0.121. The highest BCUT2D eigenvalue weighted by Gasteiger charge is 2.37. The summed E-state index contributed by atoms with van der Waals surface area (Å²) in [6, 6.07) is 10.9. The van der Waals surface area contributed by atoms with Crippen LogP contribution in [0.4, 0.5) is 5.13 Å². The summed E-state index contributed by atoms with van der Waals surface area (Å²) in [7, 11) is -3.38. The smallest absolute Gasteiger partial charge is 0.336 e. The van der Waals surface area contributed by atoms with Crippen molar-refractivity contribution in [1.82, 2.24) is 4.98 Å². The van der Waals surface area contributed by atoms with E-state index in [0.29, 0.717) is 60.5 Å². The number of benzene rings is 2. The first-order chi connectivity index (χ1) is 19.1. The standard InChI is InChI=1S/C28H28N2O8S2/c1-16-2-7-20(14-23(16)27(33)34)37-24-15-29-28(39-24)30-26(32)25(38-19-8-5-18(31)6-9-19)17-3-10-21(11-4-17)40(35,36)22-12-13-22/h2-4,7,10-11,14-15,19,22,25H,5-6,8-9,12-13H2,1H3,(H,33,34)(H,29,30,32). The molecule has 2 saturated carbocycles. The lowest BCUT2D eigenvalue weighted by Gasteiger charge is -2.26. The molecule has 0 aliphatic heterocycles. The number of hydrogen-bond acceptors (Lipinski definition) is 9. The summed E-state index contributed by atoms with van der Waals surface area (Å²) in [6.07, 6.45) is 3.14. The fraction of sp³-hybridized carbons (Fsp3) is 0.357. The number of thiazole rings is 1. The van der Waals surface area contributed by atoms with Crippen molar-refractivity contribution >= 4 is 44.0 Å². The second-order valence-corrected chi connectivity index (χ2v) is 13.1. The van der Waals surface area contributed by atoms with E-state index in [1.165, 1.54) is 24.4 Å². The lowest BCUT2D eigenvalue weighted by Crippen LogP contribution is -2.30. The van der Waals surface area contributed by atoms with Gasteiger partial charge in [0.25, 0.3) is 5.91 Å². The molecular weight excluding hydrogens is 556 g/mol. The highest BCUT2D eigenvalue weighted by molar-refractivity contribution is 7.92. The zero-order valence-corrected chi connectivity index (χ0v) is 23.3. The Bertz CT molecular complexity index is 1530. The molecule has 2 N–H and O–H groups in total. The number of sulfone groups is 1. The van der Waals surface area contributed by atoms with Gasteiger partial charge in [0.15, 0.2) is 21.1 Å². The average molecular weight is 585 g/mol. The van der Waals surface area contributed by atoms with E-state index in [2.05, 4.69) is 10.3 Å². The molecule has 2 aliphatic rings. The number of carbonyl (C=O) groups is 3. The minimum atomic E-state index is -3.38. The summed E-state index contributed by atoms with van der Waals surface area (Å²) in [5.41, 5.74) is 1.21. The van der Waals surface area contributed by atoms with Gasteiger partial charge in [-0.15, -0.1) is 0 Å². The number of ketones is 1. The molecular formula is C28H28N2O8S2. The van der Waals surface area contributed by atoms with Crippen molar-refractivity contribution in [3.05, 3.63) is 65.4 Å². The lowest BCUT2D eigenvalue weighted by atomic mass is 9.96. The van der Waals surface area contributed by atoms with Crippen LogP contribution in [0.15, 0.2) is 53.6 Å². The van der Waals surface area contributed by atoms with E-state index in [0.717, 1.165) is 11.3 Å². The van der Waals surface area contributed by atoms with Crippen molar-refractivity contribution < 1.29 is 37.4 Å². The summed E-state index contributed by atoms with van der Waals surface area (Å²) < 4.78 is 37.1. The van der Waals surface area contributed by atoms with Crippen LogP contribution in [0.25, 0.3) is 0 Å². The third-order valence-electron chi connectivity index (χ3n) is 6.90. The molecule has 1 amide bonds. The van der Waals surface area contributed by atoms with E-state index in [1.54, 1.807) is 31.2 Å². The van der Waals surface area contributed by atoms with Crippen molar-refractivity contribution in [2.45, 2.75) is 67.8 Å². The number of amides is 1. The number of carbonyl (C=O) groups excluding carboxylic acids is 2. The summed E-state index contributed by atoms with van der Waals surface area (Å²) in [5.74, 6) is -1.08. The fourth-order valence-corrected chi connectivity index (χ4v) is 6.83. The highest BCUT2D eigenvalue weighted by atomic mass is 32.2. The molecule has 3 aromatic rings. The Labute approximate surface area is 235 Å². The lowest BCUT2D eigenvalue weighted by molar-refractivity contribution is -0.135. The largest absolute Gasteiger partial charge is 0.478 e. The third-order valence-corrected chi connectivity index (χ3v) is 9.97. The molecule has 0 bridgehead atoms. The van der Waals surface area contributed by atoms with E-state index < -0.39 is 27.8 Å². The Morgan fingerprint density at radius 3 is 2.42 bits per heavy atom. The maximum Gasteiger partial charge on any atom is 0.336 e. The van der Waals surface area contributed by atoms with Gasteiger partial charge >= 0.3 is 5.97 Å². The summed E-state index contributed by atoms with van der Waals surface area (Å²) in [6.45, 7) is 1.69. The van der Waals surface area contributed by atoms with E-state index in [1.807, 2.05) is 0 Å². The monoisotopic (exact) mass is 584 g/mol. The minimum Gasteiger partial charge on any atom is -0.478 e. The van der Waals surface area contributed by atoms with Gasteiger partial charge in [-0.05, 0) is 68.0 Å². The number of aryl methyl sites for hydroxylation is 1. The van der Waals surface area contributed by atoms with Gasteiger partial charge in [0.05, 0.1) is 28.0 Å². The van der Waals surface area contributed by atoms with Gasteiger partial charge in [-0.2, -0.15) is 0 Å². The number of Topliss-reactive ketones (excluding diaryl/α,β-unsaturated/α-hetero) is 1. The molecule has 12 heteroatoms. The number of nitrogens with zero attached hydrogens (tertiary/aromatic N) is 1. The van der Waals surface area contributed by atoms with Crippen LogP contribution in [0.5, 0.6) is 10.8 Å². The van der Waals surface area contributed by atoms with Gasteiger partial charge in [0.2, 0.25) is 5.06 Å². The van der Waals surface area contributed by atoms with E-state index >= 15 is 0 Å². The molecule has 1 atom stereocenters. The molecule has 2 fully saturated rings.